The number of carbonyl (C=O) groups excluding carboxylic acids is 1. The van der Waals surface area contributed by atoms with E-state index in [-0.39, 0.29) is 11.5 Å². The van der Waals surface area contributed by atoms with Crippen LogP contribution in [0, 0.1) is 5.41 Å². The molecule has 1 spiro atoms. The van der Waals surface area contributed by atoms with E-state index in [1.807, 2.05) is 25.7 Å². The Balaban J connectivity index is 1.88. The van der Waals surface area contributed by atoms with Gasteiger partial charge in [-0.3, -0.25) is 0 Å². The fourth-order valence-electron chi connectivity index (χ4n) is 3.15. The molecule has 0 aromatic carbocycles. The van der Waals surface area contributed by atoms with Crippen molar-refractivity contribution in [1.82, 2.24) is 9.80 Å². The zero-order valence-corrected chi connectivity index (χ0v) is 12.4. The Morgan fingerprint density at radius 2 is 1.95 bits per heavy atom. The second-order valence-electron chi connectivity index (χ2n) is 6.97. The average Bonchev–Trinajstić information content (AvgIpc) is 2.86. The van der Waals surface area contributed by atoms with Crippen LogP contribution in [0.1, 0.15) is 33.6 Å². The van der Waals surface area contributed by atoms with Crippen LogP contribution in [0.4, 0.5) is 4.79 Å². The Bertz CT molecular complexity index is 340. The Hall–Kier alpha value is -0.810. The number of nitrogens with zero attached hydrogens (tertiary/aromatic N) is 2. The van der Waals surface area contributed by atoms with Crippen LogP contribution in [0.15, 0.2) is 0 Å². The summed E-state index contributed by atoms with van der Waals surface area (Å²) >= 11 is 0. The highest BCUT2D eigenvalue weighted by molar-refractivity contribution is 5.68. The molecule has 0 radical (unpaired) electrons. The molecule has 0 bridgehead atoms. The fraction of sp³-hybridized carbons (Fsp3) is 0.929. The summed E-state index contributed by atoms with van der Waals surface area (Å²) < 4.78 is 5.45. The van der Waals surface area contributed by atoms with E-state index in [0.29, 0.717) is 6.54 Å². The van der Waals surface area contributed by atoms with Crippen molar-refractivity contribution in [3.05, 3.63) is 0 Å². The molecule has 2 heterocycles. The predicted octanol–water partition coefficient (Wildman–Crippen LogP) is 1.28. The number of ether oxygens (including phenoxy) is 1. The lowest BCUT2D eigenvalue weighted by molar-refractivity contribution is 0.0274. The van der Waals surface area contributed by atoms with Crippen LogP contribution in [-0.4, -0.2) is 60.8 Å². The number of amides is 1. The van der Waals surface area contributed by atoms with Gasteiger partial charge in [-0.2, -0.15) is 0 Å². The summed E-state index contributed by atoms with van der Waals surface area (Å²) in [6.45, 7) is 11.3. The van der Waals surface area contributed by atoms with Gasteiger partial charge in [0, 0.05) is 38.1 Å². The Morgan fingerprint density at radius 3 is 2.58 bits per heavy atom. The quantitative estimate of drug-likeness (QED) is 0.820. The standard InChI is InChI=1S/C14H27N3O2/c1-13(2,3)19-12(18)17-8-5-14(11-17)4-7-16(10-14)9-6-15/h4-11,15H2,1-3H3. The monoisotopic (exact) mass is 269 g/mol. The van der Waals surface area contributed by atoms with E-state index >= 15 is 0 Å². The second-order valence-corrected chi connectivity index (χ2v) is 6.97. The fourth-order valence-corrected chi connectivity index (χ4v) is 3.15. The molecule has 0 aromatic rings. The number of carbonyl (C=O) groups is 1. The number of hydrogen-bond acceptors (Lipinski definition) is 4. The van der Waals surface area contributed by atoms with Gasteiger partial charge in [0.1, 0.15) is 5.60 Å². The first-order valence-corrected chi connectivity index (χ1v) is 7.24. The van der Waals surface area contributed by atoms with Crippen LogP contribution in [-0.2, 0) is 4.74 Å². The molecule has 0 aromatic heterocycles. The topological polar surface area (TPSA) is 58.8 Å². The van der Waals surface area contributed by atoms with Crippen molar-refractivity contribution in [2.24, 2.45) is 11.1 Å². The van der Waals surface area contributed by atoms with Crippen LogP contribution in [0.5, 0.6) is 0 Å². The third-order valence-electron chi connectivity index (χ3n) is 4.05. The molecule has 5 heteroatoms. The van der Waals surface area contributed by atoms with E-state index < -0.39 is 5.60 Å². The molecule has 19 heavy (non-hydrogen) atoms. The van der Waals surface area contributed by atoms with Crippen molar-refractivity contribution in [1.29, 1.82) is 0 Å². The van der Waals surface area contributed by atoms with Crippen molar-refractivity contribution in [2.75, 3.05) is 39.3 Å². The highest BCUT2D eigenvalue weighted by Crippen LogP contribution is 2.39. The van der Waals surface area contributed by atoms with Gasteiger partial charge >= 0.3 is 6.09 Å². The van der Waals surface area contributed by atoms with Crippen LogP contribution in [0.2, 0.25) is 0 Å². The highest BCUT2D eigenvalue weighted by Gasteiger charge is 2.45. The van der Waals surface area contributed by atoms with Gasteiger partial charge in [0.25, 0.3) is 0 Å². The summed E-state index contributed by atoms with van der Waals surface area (Å²) in [5.74, 6) is 0. The summed E-state index contributed by atoms with van der Waals surface area (Å²) in [6.07, 6.45) is 2.10. The Labute approximate surface area is 116 Å². The van der Waals surface area contributed by atoms with E-state index in [0.717, 1.165) is 39.1 Å². The minimum absolute atomic E-state index is 0.165. The Kier molecular flexibility index (Phi) is 4.06. The minimum atomic E-state index is -0.409. The first kappa shape index (κ1) is 14.6. The number of hydrogen-bond donors (Lipinski definition) is 1. The number of rotatable bonds is 2. The molecule has 2 N–H and O–H groups in total. The average molecular weight is 269 g/mol. The largest absolute Gasteiger partial charge is 0.444 e. The van der Waals surface area contributed by atoms with Gasteiger partial charge in [-0.25, -0.2) is 4.79 Å². The lowest BCUT2D eigenvalue weighted by Crippen LogP contribution is -2.38. The van der Waals surface area contributed by atoms with Gasteiger partial charge in [0.05, 0.1) is 0 Å². The predicted molar refractivity (Wildman–Crippen MR) is 75.0 cm³/mol. The van der Waals surface area contributed by atoms with Crippen LogP contribution >= 0.6 is 0 Å². The van der Waals surface area contributed by atoms with Crippen molar-refractivity contribution < 1.29 is 9.53 Å². The van der Waals surface area contributed by atoms with Gasteiger partial charge in [-0.15, -0.1) is 0 Å². The zero-order chi connectivity index (χ0) is 14.1. The van der Waals surface area contributed by atoms with E-state index in [4.69, 9.17) is 10.5 Å². The molecule has 5 nitrogen and oxygen atoms in total. The maximum atomic E-state index is 12.1. The van der Waals surface area contributed by atoms with Gasteiger partial charge in [0.15, 0.2) is 0 Å². The molecule has 2 fully saturated rings. The maximum Gasteiger partial charge on any atom is 0.410 e. The molecule has 2 aliphatic rings. The normalized spacial score (nSPS) is 28.3. The maximum absolute atomic E-state index is 12.1. The van der Waals surface area contributed by atoms with Crippen molar-refractivity contribution >= 4 is 6.09 Å². The van der Waals surface area contributed by atoms with E-state index in [1.165, 1.54) is 6.42 Å². The van der Waals surface area contributed by atoms with E-state index in [1.54, 1.807) is 0 Å². The van der Waals surface area contributed by atoms with Gasteiger partial charge in [0.2, 0.25) is 0 Å². The lowest BCUT2D eigenvalue weighted by Gasteiger charge is -2.27. The lowest BCUT2D eigenvalue weighted by atomic mass is 9.86. The van der Waals surface area contributed by atoms with Gasteiger partial charge in [-0.1, -0.05) is 0 Å². The van der Waals surface area contributed by atoms with Crippen LogP contribution < -0.4 is 5.73 Å². The number of likely N-dealkylation sites (tertiary alicyclic amines) is 2. The van der Waals surface area contributed by atoms with E-state index in [9.17, 15) is 4.79 Å². The first-order chi connectivity index (χ1) is 8.84. The molecule has 0 aliphatic carbocycles. The number of nitrogens with two attached hydrogens (primary N) is 1. The summed E-state index contributed by atoms with van der Waals surface area (Å²) in [6, 6.07) is 0. The zero-order valence-electron chi connectivity index (χ0n) is 12.4. The summed E-state index contributed by atoms with van der Waals surface area (Å²) in [7, 11) is 0. The third-order valence-corrected chi connectivity index (χ3v) is 4.05. The third kappa shape index (κ3) is 3.60. The summed E-state index contributed by atoms with van der Waals surface area (Å²) in [5.41, 5.74) is 5.49. The molecule has 2 aliphatic heterocycles. The van der Waals surface area contributed by atoms with Crippen molar-refractivity contribution in [3.63, 3.8) is 0 Å². The summed E-state index contributed by atoms with van der Waals surface area (Å²) in [5, 5.41) is 0. The van der Waals surface area contributed by atoms with Crippen LogP contribution in [0.25, 0.3) is 0 Å². The second kappa shape index (κ2) is 5.29. The SMILES string of the molecule is CC(C)(C)OC(=O)N1CCC2(CCN(CCN)C2)C1. The molecular weight excluding hydrogens is 242 g/mol. The molecule has 1 atom stereocenters. The molecule has 2 rings (SSSR count). The molecule has 1 unspecified atom stereocenters. The van der Waals surface area contributed by atoms with Crippen molar-refractivity contribution in [3.8, 4) is 0 Å². The minimum Gasteiger partial charge on any atom is -0.444 e. The first-order valence-electron chi connectivity index (χ1n) is 7.24. The Morgan fingerprint density at radius 1 is 1.26 bits per heavy atom. The highest BCUT2D eigenvalue weighted by atomic mass is 16.6. The smallest absolute Gasteiger partial charge is 0.410 e. The summed E-state index contributed by atoms with van der Waals surface area (Å²) in [4.78, 5) is 16.4. The molecule has 110 valence electrons. The van der Waals surface area contributed by atoms with Gasteiger partial charge in [-0.05, 0) is 40.2 Å². The van der Waals surface area contributed by atoms with Crippen molar-refractivity contribution in [2.45, 2.75) is 39.2 Å². The molecular formula is C14H27N3O2. The molecule has 0 saturated carbocycles. The van der Waals surface area contributed by atoms with Gasteiger partial charge < -0.3 is 20.3 Å². The van der Waals surface area contributed by atoms with Crippen LogP contribution in [0.3, 0.4) is 0 Å². The van der Waals surface area contributed by atoms with E-state index in [2.05, 4.69) is 4.90 Å². The molecule has 1 amide bonds. The molecule has 2 saturated heterocycles.